The molecule has 4 aromatic rings. The third-order valence-electron chi connectivity index (χ3n) is 4.80. The van der Waals surface area contributed by atoms with Crippen LogP contribution >= 0.6 is 0 Å². The summed E-state index contributed by atoms with van der Waals surface area (Å²) in [7, 11) is 1.65. The number of rotatable bonds is 5. The van der Waals surface area contributed by atoms with Crippen LogP contribution in [0.4, 0.5) is 11.5 Å². The van der Waals surface area contributed by atoms with E-state index in [9.17, 15) is 0 Å². The molecule has 0 atom stereocenters. The van der Waals surface area contributed by atoms with Gasteiger partial charge in [-0.1, -0.05) is 12.1 Å². The number of allylic oxidation sites excluding steroid dienone is 1. The highest BCUT2D eigenvalue weighted by atomic mass is 16.5. The molecule has 4 heterocycles. The molecule has 0 saturated heterocycles. The van der Waals surface area contributed by atoms with Crippen LogP contribution in [0.15, 0.2) is 72.3 Å². The van der Waals surface area contributed by atoms with Gasteiger partial charge in [0.1, 0.15) is 23.5 Å². The summed E-state index contributed by atoms with van der Waals surface area (Å²) in [5.41, 5.74) is 5.31. The van der Waals surface area contributed by atoms with Crippen molar-refractivity contribution in [3.05, 3.63) is 72.8 Å². The molecular weight excluding hydrogens is 364 g/mol. The number of nitrogens with zero attached hydrogens (tertiary/aromatic N) is 4. The Kier molecular flexibility index (Phi) is 4.25. The van der Waals surface area contributed by atoms with Crippen molar-refractivity contribution in [2.75, 3.05) is 19.0 Å². The molecule has 1 aliphatic rings. The molecule has 0 spiro atoms. The monoisotopic (exact) mass is 382 g/mol. The van der Waals surface area contributed by atoms with Crippen molar-refractivity contribution in [1.82, 2.24) is 19.9 Å². The number of aromatic nitrogens is 4. The molecule has 1 aromatic carbocycles. The van der Waals surface area contributed by atoms with Gasteiger partial charge in [-0.25, -0.2) is 9.97 Å². The molecule has 1 aliphatic heterocycles. The molecule has 7 heteroatoms. The van der Waals surface area contributed by atoms with Gasteiger partial charge in [0, 0.05) is 23.5 Å². The second-order valence-corrected chi connectivity index (χ2v) is 6.53. The van der Waals surface area contributed by atoms with Crippen molar-refractivity contribution in [1.29, 1.82) is 0 Å². The molecule has 2 N–H and O–H groups in total. The second-order valence-electron chi connectivity index (χ2n) is 6.53. The van der Waals surface area contributed by atoms with Gasteiger partial charge in [-0.05, 0) is 36.4 Å². The molecule has 0 saturated carbocycles. The largest absolute Gasteiger partial charge is 0.495 e. The maximum Gasteiger partial charge on any atom is 0.144 e. The zero-order chi connectivity index (χ0) is 19.6. The third-order valence-corrected chi connectivity index (χ3v) is 4.80. The fraction of sp³-hybridized carbons (Fsp3) is 0.0909. The smallest absolute Gasteiger partial charge is 0.144 e. The summed E-state index contributed by atoms with van der Waals surface area (Å²) in [6.45, 7) is 0.693. The van der Waals surface area contributed by atoms with Crippen LogP contribution in [-0.4, -0.2) is 39.3 Å². The Balaban J connectivity index is 1.61. The Bertz CT molecular complexity index is 1240. The molecule has 0 radical (unpaired) electrons. The summed E-state index contributed by atoms with van der Waals surface area (Å²) in [5.74, 6) is 1.40. The van der Waals surface area contributed by atoms with E-state index in [2.05, 4.69) is 30.2 Å². The van der Waals surface area contributed by atoms with Crippen LogP contribution < -0.4 is 10.1 Å². The van der Waals surface area contributed by atoms with Crippen LogP contribution in [0.1, 0.15) is 5.56 Å². The molecule has 3 aromatic heterocycles. The highest BCUT2D eigenvalue weighted by molar-refractivity contribution is 6.19. The standard InChI is InChI=1S/C22H18N6O/c1-29-19-8-7-14(16-5-2-3-9-23-16)11-18(19)28-22-20-15(17-6-4-10-24-17)12-25-21(20)26-13-27-22/h2-9,11-13H,10H2,1H3,(H2,25,26,27,28). The molecular formula is C22H18N6O. The lowest BCUT2D eigenvalue weighted by Gasteiger charge is -2.13. The summed E-state index contributed by atoms with van der Waals surface area (Å²) in [6, 6.07) is 11.8. The lowest BCUT2D eigenvalue weighted by molar-refractivity contribution is 0.417. The Hall–Kier alpha value is -4.00. The number of pyridine rings is 1. The third kappa shape index (κ3) is 3.12. The van der Waals surface area contributed by atoms with Gasteiger partial charge < -0.3 is 15.0 Å². The number of ether oxygens (including phenoxy) is 1. The number of fused-ring (bicyclic) bond motifs is 1. The van der Waals surface area contributed by atoms with Crippen LogP contribution in [0, 0.1) is 0 Å². The lowest BCUT2D eigenvalue weighted by Crippen LogP contribution is -2.01. The highest BCUT2D eigenvalue weighted by Gasteiger charge is 2.17. The number of methoxy groups -OCH3 is 1. The quantitative estimate of drug-likeness (QED) is 0.542. The summed E-state index contributed by atoms with van der Waals surface area (Å²) in [5, 5.41) is 4.32. The molecule has 7 nitrogen and oxygen atoms in total. The number of aromatic amines is 1. The topological polar surface area (TPSA) is 88.1 Å². The zero-order valence-electron chi connectivity index (χ0n) is 15.8. The van der Waals surface area contributed by atoms with E-state index in [1.165, 1.54) is 6.33 Å². The van der Waals surface area contributed by atoms with Crippen LogP contribution in [-0.2, 0) is 0 Å². The number of benzene rings is 1. The number of nitrogens with one attached hydrogen (secondary N) is 2. The van der Waals surface area contributed by atoms with Gasteiger partial charge in [0.05, 0.1) is 36.1 Å². The van der Waals surface area contributed by atoms with Gasteiger partial charge in [0.25, 0.3) is 0 Å². The molecule has 0 aliphatic carbocycles. The first-order valence-corrected chi connectivity index (χ1v) is 9.23. The Morgan fingerprint density at radius 3 is 2.86 bits per heavy atom. The van der Waals surface area contributed by atoms with Gasteiger partial charge in [0.15, 0.2) is 0 Å². The number of H-pyrrole nitrogens is 1. The number of aliphatic imine (C=N–C) groups is 1. The van der Waals surface area contributed by atoms with E-state index >= 15 is 0 Å². The minimum Gasteiger partial charge on any atom is -0.495 e. The Labute approximate surface area is 167 Å². The van der Waals surface area contributed by atoms with Gasteiger partial charge in [-0.2, -0.15) is 0 Å². The van der Waals surface area contributed by atoms with Gasteiger partial charge in [-0.3, -0.25) is 9.98 Å². The van der Waals surface area contributed by atoms with Crippen molar-refractivity contribution < 1.29 is 4.74 Å². The molecule has 29 heavy (non-hydrogen) atoms. The normalized spacial score (nSPS) is 12.9. The maximum absolute atomic E-state index is 5.56. The fourth-order valence-electron chi connectivity index (χ4n) is 3.43. The number of hydrogen-bond donors (Lipinski definition) is 2. The zero-order valence-corrected chi connectivity index (χ0v) is 15.8. The minimum atomic E-state index is 0.686. The van der Waals surface area contributed by atoms with E-state index in [0.29, 0.717) is 18.1 Å². The number of anilines is 2. The predicted molar refractivity (Wildman–Crippen MR) is 114 cm³/mol. The van der Waals surface area contributed by atoms with Crippen LogP contribution in [0.5, 0.6) is 5.75 Å². The Morgan fingerprint density at radius 1 is 1.10 bits per heavy atom. The molecule has 0 unspecified atom stereocenters. The van der Waals surface area contributed by atoms with E-state index in [-0.39, 0.29) is 0 Å². The SMILES string of the molecule is COc1ccc(-c2ccccn2)cc1Nc1ncnc2[nH]cc(C3=NCC=C3)c12. The summed E-state index contributed by atoms with van der Waals surface area (Å²) >= 11 is 0. The van der Waals surface area contributed by atoms with E-state index in [1.807, 2.05) is 54.7 Å². The first-order chi connectivity index (χ1) is 14.3. The molecule has 142 valence electrons. The van der Waals surface area contributed by atoms with Crippen LogP contribution in [0.3, 0.4) is 0 Å². The average molecular weight is 382 g/mol. The van der Waals surface area contributed by atoms with Gasteiger partial charge >= 0.3 is 0 Å². The van der Waals surface area contributed by atoms with Crippen molar-refractivity contribution in [3.63, 3.8) is 0 Å². The van der Waals surface area contributed by atoms with Crippen molar-refractivity contribution >= 4 is 28.3 Å². The lowest BCUT2D eigenvalue weighted by atomic mass is 10.1. The second kappa shape index (κ2) is 7.20. The van der Waals surface area contributed by atoms with Crippen molar-refractivity contribution in [3.8, 4) is 17.0 Å². The Morgan fingerprint density at radius 2 is 2.07 bits per heavy atom. The average Bonchev–Trinajstić information content (AvgIpc) is 3.44. The minimum absolute atomic E-state index is 0.686. The van der Waals surface area contributed by atoms with E-state index in [4.69, 9.17) is 4.74 Å². The van der Waals surface area contributed by atoms with E-state index in [1.54, 1.807) is 13.3 Å². The maximum atomic E-state index is 5.56. The summed E-state index contributed by atoms with van der Waals surface area (Å²) in [6.07, 6.45) is 9.28. The van der Waals surface area contributed by atoms with Gasteiger partial charge in [0.2, 0.25) is 0 Å². The summed E-state index contributed by atoms with van der Waals surface area (Å²) in [4.78, 5) is 21.0. The highest BCUT2D eigenvalue weighted by Crippen LogP contribution is 2.34. The molecule has 5 rings (SSSR count). The van der Waals surface area contributed by atoms with Crippen molar-refractivity contribution in [2.24, 2.45) is 4.99 Å². The molecule has 0 bridgehead atoms. The van der Waals surface area contributed by atoms with E-state index in [0.717, 1.165) is 39.3 Å². The fourth-order valence-corrected chi connectivity index (χ4v) is 3.43. The predicted octanol–water partition coefficient (Wildman–Crippen LogP) is 4.13. The van der Waals surface area contributed by atoms with Crippen LogP contribution in [0.2, 0.25) is 0 Å². The molecule has 0 amide bonds. The van der Waals surface area contributed by atoms with Crippen molar-refractivity contribution in [2.45, 2.75) is 0 Å². The summed E-state index contributed by atoms with van der Waals surface area (Å²) < 4.78 is 5.56. The molecule has 0 fully saturated rings. The van der Waals surface area contributed by atoms with E-state index < -0.39 is 0 Å². The number of hydrogen-bond acceptors (Lipinski definition) is 6. The first kappa shape index (κ1) is 17.1. The van der Waals surface area contributed by atoms with Crippen LogP contribution in [0.25, 0.3) is 22.3 Å². The first-order valence-electron chi connectivity index (χ1n) is 9.23. The van der Waals surface area contributed by atoms with Gasteiger partial charge in [-0.15, -0.1) is 0 Å².